The smallest absolute Gasteiger partial charge is 0.435 e. The first-order chi connectivity index (χ1) is 16.2. The average molecular weight is 491 g/mol. The van der Waals surface area contributed by atoms with Crippen molar-refractivity contribution in [3.05, 3.63) is 52.3 Å². The molecule has 0 aliphatic rings. The van der Waals surface area contributed by atoms with Crippen LogP contribution in [0.1, 0.15) is 24.4 Å². The maximum Gasteiger partial charge on any atom is 0.435 e. The molecule has 34 heavy (non-hydrogen) atoms. The Hall–Kier alpha value is -3.67. The molecule has 3 heterocycles. The van der Waals surface area contributed by atoms with Crippen molar-refractivity contribution < 1.29 is 27.1 Å². The van der Waals surface area contributed by atoms with Crippen LogP contribution in [0, 0.1) is 5.92 Å². The Morgan fingerprint density at radius 1 is 1.21 bits per heavy atom. The molecule has 0 radical (unpaired) electrons. The lowest BCUT2D eigenvalue weighted by Gasteiger charge is -2.05. The van der Waals surface area contributed by atoms with Crippen LogP contribution >= 0.6 is 11.3 Å². The SMILES string of the molecule is COc1ccccc1-c1nnc(-c2cc(C(F)(F)F)nn2-c2csc(CNC(=O)C(C)C)c2)o1. The van der Waals surface area contributed by atoms with E-state index in [2.05, 4.69) is 20.6 Å². The molecule has 4 aromatic rings. The van der Waals surface area contributed by atoms with Crippen LogP contribution in [0.15, 0.2) is 46.2 Å². The molecule has 1 aromatic carbocycles. The highest BCUT2D eigenvalue weighted by molar-refractivity contribution is 7.10. The summed E-state index contributed by atoms with van der Waals surface area (Å²) in [7, 11) is 1.48. The van der Waals surface area contributed by atoms with E-state index in [9.17, 15) is 18.0 Å². The number of benzene rings is 1. The molecule has 0 spiro atoms. The molecule has 0 fully saturated rings. The van der Waals surface area contributed by atoms with Crippen LogP contribution in [-0.4, -0.2) is 33.0 Å². The molecule has 12 heteroatoms. The summed E-state index contributed by atoms with van der Waals surface area (Å²) in [6.45, 7) is 3.80. The lowest BCUT2D eigenvalue weighted by Crippen LogP contribution is -2.26. The number of carbonyl (C=O) groups is 1. The molecule has 1 amide bonds. The Balaban J connectivity index is 1.70. The van der Waals surface area contributed by atoms with Gasteiger partial charge in [-0.1, -0.05) is 26.0 Å². The predicted octanol–water partition coefficient (Wildman–Crippen LogP) is 4.95. The largest absolute Gasteiger partial charge is 0.496 e. The summed E-state index contributed by atoms with van der Waals surface area (Å²) in [6, 6.07) is 9.43. The zero-order valence-corrected chi connectivity index (χ0v) is 19.2. The number of para-hydroxylation sites is 1. The number of hydrogen-bond acceptors (Lipinski definition) is 7. The van der Waals surface area contributed by atoms with Crippen LogP contribution in [0.5, 0.6) is 5.75 Å². The minimum atomic E-state index is -4.67. The summed E-state index contributed by atoms with van der Waals surface area (Å²) in [6.07, 6.45) is -4.67. The summed E-state index contributed by atoms with van der Waals surface area (Å²) >= 11 is 1.29. The third-order valence-corrected chi connectivity index (χ3v) is 5.75. The van der Waals surface area contributed by atoms with Gasteiger partial charge in [-0.3, -0.25) is 4.79 Å². The van der Waals surface area contributed by atoms with E-state index in [0.717, 1.165) is 15.6 Å². The van der Waals surface area contributed by atoms with Crippen molar-refractivity contribution in [1.29, 1.82) is 0 Å². The minimum absolute atomic E-state index is 0.0171. The van der Waals surface area contributed by atoms with Crippen LogP contribution in [0.25, 0.3) is 28.7 Å². The maximum absolute atomic E-state index is 13.5. The summed E-state index contributed by atoms with van der Waals surface area (Å²) in [5.41, 5.74) is -0.233. The second-order valence-corrected chi connectivity index (χ2v) is 8.58. The van der Waals surface area contributed by atoms with E-state index in [1.807, 2.05) is 0 Å². The van der Waals surface area contributed by atoms with Gasteiger partial charge in [0.25, 0.3) is 11.8 Å². The zero-order chi connectivity index (χ0) is 24.5. The number of rotatable bonds is 7. The van der Waals surface area contributed by atoms with E-state index < -0.39 is 11.9 Å². The molecule has 0 saturated carbocycles. The van der Waals surface area contributed by atoms with E-state index in [-0.39, 0.29) is 35.8 Å². The third kappa shape index (κ3) is 4.81. The summed E-state index contributed by atoms with van der Waals surface area (Å²) in [5.74, 6) is 0.138. The standard InChI is InChI=1S/C22H20F3N5O3S/c1-12(2)19(31)26-10-14-8-13(11-34-14)30-16(9-18(29-30)22(23,24)25)21-28-27-20(33-21)15-6-4-5-7-17(15)32-3/h4-9,11-12H,10H2,1-3H3,(H,26,31). The normalized spacial score (nSPS) is 11.7. The van der Waals surface area contributed by atoms with Gasteiger partial charge in [0.05, 0.1) is 24.9 Å². The van der Waals surface area contributed by atoms with Crippen molar-refractivity contribution >= 4 is 17.2 Å². The van der Waals surface area contributed by atoms with Crippen molar-refractivity contribution in [2.75, 3.05) is 7.11 Å². The van der Waals surface area contributed by atoms with Gasteiger partial charge in [-0.2, -0.15) is 18.3 Å². The monoisotopic (exact) mass is 491 g/mol. The first kappa shape index (κ1) is 23.5. The zero-order valence-electron chi connectivity index (χ0n) is 18.4. The number of alkyl halides is 3. The molecule has 178 valence electrons. The highest BCUT2D eigenvalue weighted by Gasteiger charge is 2.36. The number of halogens is 3. The number of methoxy groups -OCH3 is 1. The Morgan fingerprint density at radius 3 is 2.65 bits per heavy atom. The number of amides is 1. The lowest BCUT2D eigenvalue weighted by atomic mass is 10.2. The summed E-state index contributed by atoms with van der Waals surface area (Å²) in [5, 5.41) is 16.1. The van der Waals surface area contributed by atoms with Crippen LogP contribution in [0.4, 0.5) is 13.2 Å². The number of carbonyl (C=O) groups excluding carboxylic acids is 1. The number of ether oxygens (including phenoxy) is 1. The van der Waals surface area contributed by atoms with Gasteiger partial charge in [0.2, 0.25) is 5.91 Å². The molecule has 0 aliphatic heterocycles. The molecule has 1 N–H and O–H groups in total. The summed E-state index contributed by atoms with van der Waals surface area (Å²) in [4.78, 5) is 12.6. The molecule has 0 aliphatic carbocycles. The Kier molecular flexibility index (Phi) is 6.42. The lowest BCUT2D eigenvalue weighted by molar-refractivity contribution is -0.141. The second-order valence-electron chi connectivity index (χ2n) is 7.58. The molecule has 4 rings (SSSR count). The van der Waals surface area contributed by atoms with Crippen molar-refractivity contribution in [3.8, 4) is 34.5 Å². The highest BCUT2D eigenvalue weighted by Crippen LogP contribution is 2.35. The van der Waals surface area contributed by atoms with E-state index in [4.69, 9.17) is 9.15 Å². The average Bonchev–Trinajstić information content (AvgIpc) is 3.55. The molecule has 3 aromatic heterocycles. The van der Waals surface area contributed by atoms with Crippen LogP contribution in [-0.2, 0) is 17.5 Å². The highest BCUT2D eigenvalue weighted by atomic mass is 32.1. The molecule has 0 unspecified atom stereocenters. The summed E-state index contributed by atoms with van der Waals surface area (Å²) < 4.78 is 52.5. The number of thiophene rings is 1. The van der Waals surface area contributed by atoms with Gasteiger partial charge in [-0.05, 0) is 18.2 Å². The number of hydrogen-bond donors (Lipinski definition) is 1. The van der Waals surface area contributed by atoms with Gasteiger partial charge in [-0.25, -0.2) is 4.68 Å². The number of nitrogens with zero attached hydrogens (tertiary/aromatic N) is 4. The quantitative estimate of drug-likeness (QED) is 0.393. The molecular weight excluding hydrogens is 471 g/mol. The Bertz CT molecular complexity index is 1310. The molecule has 8 nitrogen and oxygen atoms in total. The number of aromatic nitrogens is 4. The molecule has 0 bridgehead atoms. The number of nitrogens with one attached hydrogen (secondary N) is 1. The second kappa shape index (κ2) is 9.29. The molecular formula is C22H20F3N5O3S. The van der Waals surface area contributed by atoms with Crippen LogP contribution in [0.2, 0.25) is 0 Å². The van der Waals surface area contributed by atoms with Gasteiger partial charge >= 0.3 is 6.18 Å². The van der Waals surface area contributed by atoms with Gasteiger partial charge in [0, 0.05) is 22.2 Å². The van der Waals surface area contributed by atoms with Crippen LogP contribution in [0.3, 0.4) is 0 Å². The molecule has 0 atom stereocenters. The van der Waals surface area contributed by atoms with E-state index >= 15 is 0 Å². The topological polar surface area (TPSA) is 95.1 Å². The van der Waals surface area contributed by atoms with E-state index in [1.165, 1.54) is 18.4 Å². The fourth-order valence-corrected chi connectivity index (χ4v) is 3.86. The fourth-order valence-electron chi connectivity index (χ4n) is 3.08. The van der Waals surface area contributed by atoms with Crippen LogP contribution < -0.4 is 10.1 Å². The van der Waals surface area contributed by atoms with Gasteiger partial charge in [0.15, 0.2) is 5.69 Å². The van der Waals surface area contributed by atoms with Crippen molar-refractivity contribution in [3.63, 3.8) is 0 Å². The third-order valence-electron chi connectivity index (χ3n) is 4.83. The minimum Gasteiger partial charge on any atom is -0.496 e. The van der Waals surface area contributed by atoms with Crippen molar-refractivity contribution in [1.82, 2.24) is 25.3 Å². The Labute approximate surface area is 196 Å². The molecule has 0 saturated heterocycles. The maximum atomic E-state index is 13.5. The van der Waals surface area contributed by atoms with E-state index in [1.54, 1.807) is 49.6 Å². The first-order valence-corrected chi connectivity index (χ1v) is 11.1. The predicted molar refractivity (Wildman–Crippen MR) is 118 cm³/mol. The van der Waals surface area contributed by atoms with E-state index in [0.29, 0.717) is 17.0 Å². The Morgan fingerprint density at radius 2 is 1.94 bits per heavy atom. The van der Waals surface area contributed by atoms with Gasteiger partial charge < -0.3 is 14.5 Å². The van der Waals surface area contributed by atoms with Gasteiger partial charge in [-0.15, -0.1) is 21.5 Å². The van der Waals surface area contributed by atoms with Gasteiger partial charge in [0.1, 0.15) is 11.4 Å². The fraction of sp³-hybridized carbons (Fsp3) is 0.273. The van der Waals surface area contributed by atoms with Crippen molar-refractivity contribution in [2.45, 2.75) is 26.6 Å². The van der Waals surface area contributed by atoms with Crippen molar-refractivity contribution in [2.24, 2.45) is 5.92 Å². The first-order valence-electron chi connectivity index (χ1n) is 10.2.